The number of nitrogens with zero attached hydrogens (tertiary/aromatic N) is 3. The zero-order valence-corrected chi connectivity index (χ0v) is 26.0. The van der Waals surface area contributed by atoms with Crippen LogP contribution in [-0.4, -0.2) is 59.6 Å². The van der Waals surface area contributed by atoms with Crippen LogP contribution in [-0.2, 0) is 10.0 Å². The number of aryl methyl sites for hydroxylation is 2. The van der Waals surface area contributed by atoms with E-state index in [9.17, 15) is 18.3 Å². The fraction of sp³-hybridized carbons (Fsp3) is 0.485. The molecule has 3 aliphatic rings. The number of amides is 1. The predicted molar refractivity (Wildman–Crippen MR) is 164 cm³/mol. The largest absolute Gasteiger partial charge is 0.475 e. The summed E-state index contributed by atoms with van der Waals surface area (Å²) in [6.07, 6.45) is 4.43. The van der Waals surface area contributed by atoms with Crippen LogP contribution in [0, 0.1) is 31.1 Å². The van der Waals surface area contributed by atoms with Crippen molar-refractivity contribution in [3.63, 3.8) is 0 Å². The molecule has 10 heteroatoms. The SMILES string of the molecule is Cc1cccc(C)c1-c1cc2nc(n1)NS(=O)(=O)c1cccc(c1)C(=O)N([C@H]1CC3(C[C@H](CO)C3)C1)[C@H](CC(C)C)CO2. The maximum absolute atomic E-state index is 14.3. The second-order valence-electron chi connectivity index (χ2n) is 13.1. The number of rotatable bonds is 5. The Bertz CT molecular complexity index is 1620. The lowest BCUT2D eigenvalue weighted by molar-refractivity contribution is -0.102. The first kappa shape index (κ1) is 29.6. The van der Waals surface area contributed by atoms with E-state index in [1.807, 2.05) is 36.9 Å². The quantitative estimate of drug-likeness (QED) is 0.402. The highest BCUT2D eigenvalue weighted by molar-refractivity contribution is 7.92. The summed E-state index contributed by atoms with van der Waals surface area (Å²) in [5.74, 6) is 0.585. The molecule has 1 aromatic heterocycles. The summed E-state index contributed by atoms with van der Waals surface area (Å²) < 4.78 is 36.0. The number of benzene rings is 2. The number of aliphatic hydroxyl groups excluding tert-OH is 1. The zero-order chi connectivity index (χ0) is 30.5. The van der Waals surface area contributed by atoms with Gasteiger partial charge in [-0.15, -0.1) is 0 Å². The fourth-order valence-electron chi connectivity index (χ4n) is 7.40. The summed E-state index contributed by atoms with van der Waals surface area (Å²) in [6, 6.07) is 13.6. The summed E-state index contributed by atoms with van der Waals surface area (Å²) in [4.78, 5) is 25.3. The van der Waals surface area contributed by atoms with Crippen LogP contribution in [0.2, 0.25) is 0 Å². The van der Waals surface area contributed by atoms with E-state index in [0.29, 0.717) is 23.6 Å². The van der Waals surface area contributed by atoms with Gasteiger partial charge in [0.1, 0.15) is 6.61 Å². The first-order valence-corrected chi connectivity index (χ1v) is 16.6. The van der Waals surface area contributed by atoms with E-state index in [1.165, 1.54) is 12.1 Å². The fourth-order valence-corrected chi connectivity index (χ4v) is 8.39. The van der Waals surface area contributed by atoms with Crippen LogP contribution in [0.1, 0.15) is 67.4 Å². The number of aliphatic hydroxyl groups is 1. The van der Waals surface area contributed by atoms with E-state index in [4.69, 9.17) is 4.74 Å². The van der Waals surface area contributed by atoms with Gasteiger partial charge in [-0.2, -0.15) is 4.98 Å². The van der Waals surface area contributed by atoms with Crippen molar-refractivity contribution in [1.29, 1.82) is 0 Å². The van der Waals surface area contributed by atoms with E-state index < -0.39 is 10.0 Å². The van der Waals surface area contributed by atoms with Gasteiger partial charge in [-0.1, -0.05) is 38.1 Å². The first-order valence-electron chi connectivity index (χ1n) is 15.1. The van der Waals surface area contributed by atoms with Gasteiger partial charge in [0, 0.05) is 29.8 Å². The number of ether oxygens (including phenoxy) is 1. The molecule has 6 rings (SSSR count). The van der Waals surface area contributed by atoms with Crippen molar-refractivity contribution in [2.45, 2.75) is 76.8 Å². The number of anilines is 1. The Kier molecular flexibility index (Phi) is 7.71. The van der Waals surface area contributed by atoms with Crippen molar-refractivity contribution in [3.8, 4) is 17.1 Å². The Morgan fingerprint density at radius 2 is 1.74 bits per heavy atom. The highest BCUT2D eigenvalue weighted by Gasteiger charge is 2.55. The lowest BCUT2D eigenvalue weighted by Gasteiger charge is -2.60. The number of sulfonamides is 1. The molecule has 1 amide bonds. The lowest BCUT2D eigenvalue weighted by Crippen LogP contribution is -2.61. The molecule has 228 valence electrons. The van der Waals surface area contributed by atoms with Crippen molar-refractivity contribution in [2.24, 2.45) is 17.3 Å². The summed E-state index contributed by atoms with van der Waals surface area (Å²) in [5, 5.41) is 9.59. The molecule has 1 spiro atoms. The van der Waals surface area contributed by atoms with Gasteiger partial charge in [-0.3, -0.25) is 4.79 Å². The molecule has 2 aromatic carbocycles. The van der Waals surface area contributed by atoms with Gasteiger partial charge in [0.15, 0.2) is 0 Å². The molecule has 1 aliphatic heterocycles. The molecule has 0 unspecified atom stereocenters. The normalized spacial score (nSPS) is 26.3. The van der Waals surface area contributed by atoms with E-state index in [2.05, 4.69) is 28.5 Å². The van der Waals surface area contributed by atoms with Crippen LogP contribution in [0.5, 0.6) is 5.88 Å². The smallest absolute Gasteiger partial charge is 0.264 e. The molecule has 43 heavy (non-hydrogen) atoms. The second kappa shape index (κ2) is 11.2. The topological polar surface area (TPSA) is 122 Å². The molecule has 0 saturated heterocycles. The summed E-state index contributed by atoms with van der Waals surface area (Å²) in [7, 11) is -4.11. The number of nitrogens with one attached hydrogen (secondary N) is 1. The number of hydrogen-bond donors (Lipinski definition) is 2. The highest BCUT2D eigenvalue weighted by atomic mass is 32.2. The Labute approximate surface area is 253 Å². The molecular weight excluding hydrogens is 564 g/mol. The van der Waals surface area contributed by atoms with Gasteiger partial charge in [-0.25, -0.2) is 18.1 Å². The number of carbonyl (C=O) groups excluding carboxylic acids is 1. The summed E-state index contributed by atoms with van der Waals surface area (Å²) in [5.41, 5.74) is 3.94. The molecule has 3 aromatic rings. The molecular formula is C33H40N4O5S. The average Bonchev–Trinajstić information content (AvgIpc) is 2.91. The Morgan fingerprint density at radius 3 is 2.42 bits per heavy atom. The highest BCUT2D eigenvalue weighted by Crippen LogP contribution is 2.60. The minimum Gasteiger partial charge on any atom is -0.475 e. The van der Waals surface area contributed by atoms with Gasteiger partial charge >= 0.3 is 0 Å². The van der Waals surface area contributed by atoms with Crippen molar-refractivity contribution in [1.82, 2.24) is 14.9 Å². The standard InChI is InChI=1S/C33H40N4O5S/c1-20(2)11-25-19-42-29-13-28(30-21(3)7-5-8-22(30)4)34-32(35-29)36-43(40,41)27-10-6-9-24(12-27)31(39)37(25)26-16-33(17-26)14-23(15-33)18-38/h5-10,12-13,20,23,25-26,38H,11,14-19H2,1-4H3,(H,34,35,36)/t23-,25-,26-,33?/m1/s1. The van der Waals surface area contributed by atoms with Crippen molar-refractivity contribution < 1.29 is 23.1 Å². The number of hydrogen-bond acceptors (Lipinski definition) is 7. The number of carbonyl (C=O) groups is 1. The zero-order valence-electron chi connectivity index (χ0n) is 25.2. The predicted octanol–water partition coefficient (Wildman–Crippen LogP) is 5.36. The maximum atomic E-state index is 14.3. The van der Waals surface area contributed by atoms with E-state index in [-0.39, 0.29) is 59.3 Å². The van der Waals surface area contributed by atoms with Crippen molar-refractivity contribution in [2.75, 3.05) is 17.9 Å². The molecule has 0 radical (unpaired) electrons. The molecule has 2 aliphatic carbocycles. The monoisotopic (exact) mass is 604 g/mol. The van der Waals surface area contributed by atoms with E-state index >= 15 is 0 Å². The van der Waals surface area contributed by atoms with Crippen LogP contribution in [0.25, 0.3) is 11.3 Å². The number of fused-ring (bicyclic) bond motifs is 4. The molecule has 2 heterocycles. The molecule has 2 saturated carbocycles. The van der Waals surface area contributed by atoms with Crippen molar-refractivity contribution in [3.05, 3.63) is 65.2 Å². The lowest BCUT2D eigenvalue weighted by atomic mass is 9.50. The maximum Gasteiger partial charge on any atom is 0.264 e. The van der Waals surface area contributed by atoms with E-state index in [1.54, 1.807) is 18.2 Å². The third-order valence-electron chi connectivity index (χ3n) is 9.28. The molecule has 9 nitrogen and oxygen atoms in total. The average molecular weight is 605 g/mol. The summed E-state index contributed by atoms with van der Waals surface area (Å²) in [6.45, 7) is 8.65. The molecule has 2 N–H and O–H groups in total. The first-order chi connectivity index (χ1) is 20.5. The van der Waals surface area contributed by atoms with Gasteiger partial charge in [-0.05, 0) is 92.5 Å². The summed E-state index contributed by atoms with van der Waals surface area (Å²) >= 11 is 0. The van der Waals surface area contributed by atoms with Crippen LogP contribution in [0.15, 0.2) is 53.4 Å². The van der Waals surface area contributed by atoms with Crippen LogP contribution < -0.4 is 9.46 Å². The van der Waals surface area contributed by atoms with E-state index in [0.717, 1.165) is 42.4 Å². The van der Waals surface area contributed by atoms with Crippen LogP contribution in [0.3, 0.4) is 0 Å². The van der Waals surface area contributed by atoms with Crippen LogP contribution in [0.4, 0.5) is 5.95 Å². The Morgan fingerprint density at radius 1 is 1.05 bits per heavy atom. The second-order valence-corrected chi connectivity index (χ2v) is 14.8. The van der Waals surface area contributed by atoms with Gasteiger partial charge in [0.25, 0.3) is 15.9 Å². The minimum absolute atomic E-state index is 0.00847. The third kappa shape index (κ3) is 5.74. The Hall–Kier alpha value is -3.50. The van der Waals surface area contributed by atoms with Crippen LogP contribution >= 0.6 is 0 Å². The minimum atomic E-state index is -4.11. The molecule has 1 atom stereocenters. The Balaban J connectivity index is 1.44. The number of aromatic nitrogens is 2. The third-order valence-corrected chi connectivity index (χ3v) is 10.6. The van der Waals surface area contributed by atoms with Gasteiger partial charge in [0.05, 0.1) is 16.6 Å². The van der Waals surface area contributed by atoms with Gasteiger partial charge in [0.2, 0.25) is 11.8 Å². The van der Waals surface area contributed by atoms with Gasteiger partial charge < -0.3 is 14.7 Å². The molecule has 2 fully saturated rings. The van der Waals surface area contributed by atoms with Crippen molar-refractivity contribution >= 4 is 21.9 Å². The molecule has 4 bridgehead atoms.